The fourth-order valence-electron chi connectivity index (χ4n) is 3.58. The summed E-state index contributed by atoms with van der Waals surface area (Å²) in [6.45, 7) is 8.37. The number of rotatable bonds is 6. The molecule has 2 aromatic heterocycles. The number of piperazine rings is 1. The first-order valence-electron chi connectivity index (χ1n) is 10.2. The maximum Gasteiger partial charge on any atom is 0.194 e. The van der Waals surface area contributed by atoms with Gasteiger partial charge >= 0.3 is 0 Å². The number of aliphatic imine (C=N–C) groups is 1. The molecule has 1 aliphatic rings. The molecule has 8 heteroatoms. The Morgan fingerprint density at radius 1 is 1.10 bits per heavy atom. The first kappa shape index (κ1) is 22.6. The van der Waals surface area contributed by atoms with E-state index in [0.717, 1.165) is 51.1 Å². The molecule has 1 aromatic carbocycles. The third-order valence-electron chi connectivity index (χ3n) is 5.10. The molecule has 30 heavy (non-hydrogen) atoms. The summed E-state index contributed by atoms with van der Waals surface area (Å²) >= 11 is 1.81. The molecule has 4 rings (SSSR count). The minimum Gasteiger partial charge on any atom is -0.360 e. The summed E-state index contributed by atoms with van der Waals surface area (Å²) in [5.41, 5.74) is 1.27. The van der Waals surface area contributed by atoms with Gasteiger partial charge < -0.3 is 19.7 Å². The lowest BCUT2D eigenvalue weighted by Gasteiger charge is -2.37. The molecule has 0 spiro atoms. The first-order chi connectivity index (χ1) is 14.3. The van der Waals surface area contributed by atoms with Gasteiger partial charge in [0.2, 0.25) is 0 Å². The second kappa shape index (κ2) is 11.4. The van der Waals surface area contributed by atoms with Crippen LogP contribution in [-0.4, -0.2) is 53.1 Å². The summed E-state index contributed by atoms with van der Waals surface area (Å²) < 4.78 is 2.18. The van der Waals surface area contributed by atoms with E-state index < -0.39 is 0 Å². The Hall–Kier alpha value is -2.07. The van der Waals surface area contributed by atoms with Crippen molar-refractivity contribution in [3.63, 3.8) is 0 Å². The van der Waals surface area contributed by atoms with Crippen molar-refractivity contribution in [3.8, 4) is 0 Å². The molecule has 0 atom stereocenters. The lowest BCUT2D eigenvalue weighted by molar-refractivity contribution is 0.373. The number of hydrogen-bond acceptors (Lipinski definition) is 4. The zero-order valence-corrected chi connectivity index (χ0v) is 20.4. The monoisotopic (exact) mass is 536 g/mol. The highest BCUT2D eigenvalue weighted by Crippen LogP contribution is 2.22. The second-order valence-corrected chi connectivity index (χ2v) is 7.98. The Bertz CT molecular complexity index is 901. The summed E-state index contributed by atoms with van der Waals surface area (Å²) in [4.78, 5) is 14.3. The Morgan fingerprint density at radius 3 is 2.60 bits per heavy atom. The fourth-order valence-corrected chi connectivity index (χ4v) is 4.36. The van der Waals surface area contributed by atoms with Crippen molar-refractivity contribution in [1.29, 1.82) is 0 Å². The molecule has 3 aromatic rings. The van der Waals surface area contributed by atoms with E-state index in [1.807, 2.05) is 29.8 Å². The van der Waals surface area contributed by atoms with Crippen molar-refractivity contribution in [3.05, 3.63) is 71.6 Å². The van der Waals surface area contributed by atoms with Gasteiger partial charge in [-0.2, -0.15) is 0 Å². The van der Waals surface area contributed by atoms with Crippen LogP contribution in [0.5, 0.6) is 0 Å². The Labute approximate surface area is 199 Å². The van der Waals surface area contributed by atoms with E-state index in [-0.39, 0.29) is 24.0 Å². The van der Waals surface area contributed by atoms with Gasteiger partial charge in [-0.25, -0.2) is 9.98 Å². The quantitative estimate of drug-likeness (QED) is 0.295. The number of hydrogen-bond donors (Lipinski definition) is 1. The summed E-state index contributed by atoms with van der Waals surface area (Å²) in [5.74, 6) is 1.97. The van der Waals surface area contributed by atoms with Gasteiger partial charge in [-0.15, -0.1) is 35.3 Å². The van der Waals surface area contributed by atoms with E-state index in [2.05, 4.69) is 73.4 Å². The molecule has 1 aliphatic heterocycles. The third-order valence-corrected chi connectivity index (χ3v) is 6.03. The van der Waals surface area contributed by atoms with Crippen LogP contribution in [0.15, 0.2) is 65.2 Å². The van der Waals surface area contributed by atoms with E-state index in [4.69, 9.17) is 4.99 Å². The van der Waals surface area contributed by atoms with Gasteiger partial charge in [0, 0.05) is 51.7 Å². The predicted octanol–water partition coefficient (Wildman–Crippen LogP) is 3.90. The number of imidazole rings is 1. The van der Waals surface area contributed by atoms with E-state index in [1.54, 1.807) is 0 Å². The lowest BCUT2D eigenvalue weighted by atomic mass is 10.2. The van der Waals surface area contributed by atoms with Crippen molar-refractivity contribution in [2.45, 2.75) is 20.0 Å². The van der Waals surface area contributed by atoms with E-state index in [0.29, 0.717) is 6.54 Å². The van der Waals surface area contributed by atoms with Crippen LogP contribution in [0, 0.1) is 0 Å². The molecule has 1 fully saturated rings. The highest BCUT2D eigenvalue weighted by atomic mass is 127. The molecule has 0 bridgehead atoms. The minimum absolute atomic E-state index is 0. The number of thiophene rings is 1. The maximum atomic E-state index is 4.90. The van der Waals surface area contributed by atoms with Gasteiger partial charge in [0.15, 0.2) is 5.96 Å². The molecular weight excluding hydrogens is 507 g/mol. The molecule has 0 saturated carbocycles. The largest absolute Gasteiger partial charge is 0.360 e. The van der Waals surface area contributed by atoms with Crippen molar-refractivity contribution < 1.29 is 0 Å². The molecular formula is C22H29IN6S. The molecule has 0 amide bonds. The number of anilines is 1. The van der Waals surface area contributed by atoms with Crippen molar-refractivity contribution in [2.75, 3.05) is 37.6 Å². The van der Waals surface area contributed by atoms with E-state index in [9.17, 15) is 0 Å². The van der Waals surface area contributed by atoms with Crippen LogP contribution in [0.3, 0.4) is 0 Å². The lowest BCUT2D eigenvalue weighted by Crippen LogP contribution is -2.52. The van der Waals surface area contributed by atoms with Gasteiger partial charge in [0.05, 0.1) is 5.00 Å². The normalized spacial score (nSPS) is 14.5. The van der Waals surface area contributed by atoms with Crippen LogP contribution in [0.2, 0.25) is 0 Å². The zero-order valence-electron chi connectivity index (χ0n) is 17.3. The zero-order chi connectivity index (χ0) is 19.9. The molecule has 3 heterocycles. The number of nitrogens with zero attached hydrogens (tertiary/aromatic N) is 5. The minimum atomic E-state index is 0. The Balaban J connectivity index is 0.00000256. The van der Waals surface area contributed by atoms with Gasteiger partial charge in [-0.1, -0.05) is 30.3 Å². The maximum absolute atomic E-state index is 4.90. The highest BCUT2D eigenvalue weighted by Gasteiger charge is 2.20. The SMILES string of the molecule is CCNC(=NCc1nccn1Cc1ccccc1)N1CCN(c2cccs2)CC1.I. The molecule has 1 saturated heterocycles. The number of nitrogens with one attached hydrogen (secondary N) is 1. The summed E-state index contributed by atoms with van der Waals surface area (Å²) in [7, 11) is 0. The van der Waals surface area contributed by atoms with Gasteiger partial charge in [0.25, 0.3) is 0 Å². The van der Waals surface area contributed by atoms with Crippen LogP contribution in [0.4, 0.5) is 5.00 Å². The topological polar surface area (TPSA) is 48.7 Å². The highest BCUT2D eigenvalue weighted by molar-refractivity contribution is 14.0. The average molecular weight is 536 g/mol. The van der Waals surface area contributed by atoms with E-state index >= 15 is 0 Å². The molecule has 0 radical (unpaired) electrons. The van der Waals surface area contributed by atoms with Crippen LogP contribution in [0.1, 0.15) is 18.3 Å². The van der Waals surface area contributed by atoms with Crippen molar-refractivity contribution in [2.24, 2.45) is 4.99 Å². The summed E-state index contributed by atoms with van der Waals surface area (Å²) in [6, 6.07) is 14.8. The number of guanidine groups is 1. The van der Waals surface area contributed by atoms with Crippen LogP contribution < -0.4 is 10.2 Å². The smallest absolute Gasteiger partial charge is 0.194 e. The van der Waals surface area contributed by atoms with Gasteiger partial charge in [-0.05, 0) is 30.0 Å². The molecule has 6 nitrogen and oxygen atoms in total. The first-order valence-corrected chi connectivity index (χ1v) is 11.1. The predicted molar refractivity (Wildman–Crippen MR) is 136 cm³/mol. The van der Waals surface area contributed by atoms with Crippen molar-refractivity contribution in [1.82, 2.24) is 19.8 Å². The second-order valence-electron chi connectivity index (χ2n) is 7.05. The van der Waals surface area contributed by atoms with E-state index in [1.165, 1.54) is 10.6 Å². The standard InChI is InChI=1S/C22H28N6S.HI/c1-2-23-22(27-14-12-26(13-15-27)21-9-6-16-29-21)25-17-20-24-10-11-28(20)18-19-7-4-3-5-8-19;/h3-11,16H,2,12-15,17-18H2,1H3,(H,23,25);1H. The van der Waals surface area contributed by atoms with Gasteiger partial charge in [-0.3, -0.25) is 0 Å². The van der Waals surface area contributed by atoms with Crippen LogP contribution >= 0.6 is 35.3 Å². The molecule has 1 N–H and O–H groups in total. The summed E-state index contributed by atoms with van der Waals surface area (Å²) in [6.07, 6.45) is 3.89. The Morgan fingerprint density at radius 2 is 1.90 bits per heavy atom. The average Bonchev–Trinajstić information content (AvgIpc) is 3.45. The van der Waals surface area contributed by atoms with Crippen LogP contribution in [0.25, 0.3) is 0 Å². The number of halogens is 1. The molecule has 160 valence electrons. The van der Waals surface area contributed by atoms with Crippen LogP contribution in [-0.2, 0) is 13.1 Å². The Kier molecular flexibility index (Phi) is 8.56. The fraction of sp³-hybridized carbons (Fsp3) is 0.364. The van der Waals surface area contributed by atoms with Crippen molar-refractivity contribution >= 4 is 46.3 Å². The molecule has 0 unspecified atom stereocenters. The van der Waals surface area contributed by atoms with Gasteiger partial charge in [0.1, 0.15) is 12.4 Å². The molecule has 0 aliphatic carbocycles. The number of benzene rings is 1. The third kappa shape index (κ3) is 5.75. The number of aromatic nitrogens is 2. The summed E-state index contributed by atoms with van der Waals surface area (Å²) in [5, 5.41) is 6.96.